The lowest BCUT2D eigenvalue weighted by atomic mass is 9.95. The maximum Gasteiger partial charge on any atom is 0.264 e. The maximum absolute atomic E-state index is 13.7. The fourth-order valence-corrected chi connectivity index (χ4v) is 5.56. The van der Waals surface area contributed by atoms with Crippen molar-refractivity contribution in [3.8, 4) is 5.75 Å². The molecule has 0 aliphatic carbocycles. The van der Waals surface area contributed by atoms with E-state index in [-0.39, 0.29) is 11.4 Å². The highest BCUT2D eigenvalue weighted by molar-refractivity contribution is 7.92. The molecule has 0 spiro atoms. The van der Waals surface area contributed by atoms with Crippen LogP contribution in [0.25, 0.3) is 0 Å². The van der Waals surface area contributed by atoms with Crippen molar-refractivity contribution in [2.24, 2.45) is 0 Å². The van der Waals surface area contributed by atoms with E-state index < -0.39 is 22.0 Å². The van der Waals surface area contributed by atoms with Crippen molar-refractivity contribution in [2.75, 3.05) is 18.0 Å². The van der Waals surface area contributed by atoms with E-state index in [2.05, 4.69) is 5.32 Å². The Morgan fingerprint density at radius 3 is 2.08 bits per heavy atom. The van der Waals surface area contributed by atoms with Crippen LogP contribution in [0.15, 0.2) is 108 Å². The predicted octanol–water partition coefficient (Wildman–Crippen LogP) is 5.41. The quantitative estimate of drug-likeness (QED) is 0.324. The number of carbonyl (C=O) groups is 1. The number of amides is 1. The maximum atomic E-state index is 13.7. The van der Waals surface area contributed by atoms with Crippen molar-refractivity contribution in [1.29, 1.82) is 0 Å². The zero-order valence-corrected chi connectivity index (χ0v) is 21.9. The summed E-state index contributed by atoms with van der Waals surface area (Å²) in [4.78, 5) is 13.6. The Hall–Kier alpha value is -4.10. The number of anilines is 1. The highest BCUT2D eigenvalue weighted by Crippen LogP contribution is 2.27. The second-order valence-electron chi connectivity index (χ2n) is 8.79. The summed E-state index contributed by atoms with van der Waals surface area (Å²) in [7, 11) is -2.53. The topological polar surface area (TPSA) is 75.7 Å². The number of aryl methyl sites for hydroxylation is 2. The summed E-state index contributed by atoms with van der Waals surface area (Å²) in [5.74, 6) is 0.122. The van der Waals surface area contributed by atoms with Gasteiger partial charge in [0.05, 0.1) is 23.7 Å². The molecule has 1 unspecified atom stereocenters. The van der Waals surface area contributed by atoms with Gasteiger partial charge >= 0.3 is 0 Å². The summed E-state index contributed by atoms with van der Waals surface area (Å²) in [6, 6.07) is 30.2. The van der Waals surface area contributed by atoms with Crippen molar-refractivity contribution in [3.05, 3.63) is 125 Å². The Kier molecular flexibility index (Phi) is 7.94. The van der Waals surface area contributed by atoms with Crippen LogP contribution in [0.1, 0.15) is 28.3 Å². The summed E-state index contributed by atoms with van der Waals surface area (Å²) in [6.45, 7) is 3.53. The number of rotatable bonds is 9. The number of hydrogen-bond acceptors (Lipinski definition) is 4. The van der Waals surface area contributed by atoms with E-state index in [1.165, 1.54) is 19.2 Å². The van der Waals surface area contributed by atoms with Crippen LogP contribution in [0, 0.1) is 13.8 Å². The SMILES string of the molecule is COc1ccc(S(=O)(=O)N(CC(=O)NC(c2ccccc2)c2ccccc2C)c2ccc(C)cc2)cc1. The van der Waals surface area contributed by atoms with E-state index in [0.717, 1.165) is 26.6 Å². The van der Waals surface area contributed by atoms with Crippen LogP contribution in [-0.4, -0.2) is 28.0 Å². The van der Waals surface area contributed by atoms with Gasteiger partial charge in [-0.3, -0.25) is 9.10 Å². The summed E-state index contributed by atoms with van der Waals surface area (Å²) < 4.78 is 33.8. The summed E-state index contributed by atoms with van der Waals surface area (Å²) in [5, 5.41) is 3.08. The molecule has 0 saturated heterocycles. The molecular formula is C30H30N2O4S. The van der Waals surface area contributed by atoms with Crippen LogP contribution < -0.4 is 14.4 Å². The largest absolute Gasteiger partial charge is 0.497 e. The van der Waals surface area contributed by atoms with E-state index in [0.29, 0.717) is 11.4 Å². The number of carbonyl (C=O) groups excluding carboxylic acids is 1. The van der Waals surface area contributed by atoms with Crippen molar-refractivity contribution in [1.82, 2.24) is 5.32 Å². The monoisotopic (exact) mass is 514 g/mol. The summed E-state index contributed by atoms with van der Waals surface area (Å²) >= 11 is 0. The fourth-order valence-electron chi connectivity index (χ4n) is 4.13. The molecule has 0 aliphatic heterocycles. The van der Waals surface area contributed by atoms with Crippen LogP contribution >= 0.6 is 0 Å². The Morgan fingerprint density at radius 1 is 0.838 bits per heavy atom. The molecule has 0 aromatic heterocycles. The lowest BCUT2D eigenvalue weighted by Crippen LogP contribution is -2.42. The van der Waals surface area contributed by atoms with Crippen molar-refractivity contribution >= 4 is 21.6 Å². The number of hydrogen-bond donors (Lipinski definition) is 1. The molecule has 1 amide bonds. The minimum absolute atomic E-state index is 0.0696. The molecule has 7 heteroatoms. The van der Waals surface area contributed by atoms with Gasteiger partial charge < -0.3 is 10.1 Å². The van der Waals surface area contributed by atoms with E-state index in [9.17, 15) is 13.2 Å². The summed E-state index contributed by atoms with van der Waals surface area (Å²) in [6.07, 6.45) is 0. The van der Waals surface area contributed by atoms with E-state index >= 15 is 0 Å². The zero-order valence-electron chi connectivity index (χ0n) is 21.1. The number of ether oxygens (including phenoxy) is 1. The van der Waals surface area contributed by atoms with Gasteiger partial charge in [0.25, 0.3) is 10.0 Å². The predicted molar refractivity (Wildman–Crippen MR) is 146 cm³/mol. The average molecular weight is 515 g/mol. The van der Waals surface area contributed by atoms with Gasteiger partial charge in [-0.2, -0.15) is 0 Å². The number of benzene rings is 4. The van der Waals surface area contributed by atoms with E-state index in [4.69, 9.17) is 4.74 Å². The molecule has 4 aromatic rings. The van der Waals surface area contributed by atoms with Crippen molar-refractivity contribution < 1.29 is 17.9 Å². The molecule has 4 aromatic carbocycles. The molecule has 0 saturated carbocycles. The molecule has 6 nitrogen and oxygen atoms in total. The molecule has 0 radical (unpaired) electrons. The van der Waals surface area contributed by atoms with Crippen LogP contribution in [-0.2, 0) is 14.8 Å². The van der Waals surface area contributed by atoms with Gasteiger partial charge in [-0.05, 0) is 66.9 Å². The van der Waals surface area contributed by atoms with Crippen LogP contribution in [0.5, 0.6) is 5.75 Å². The summed E-state index contributed by atoms with van der Waals surface area (Å²) in [5.41, 5.74) is 4.27. The molecule has 0 bridgehead atoms. The van der Waals surface area contributed by atoms with Gasteiger partial charge in [0, 0.05) is 0 Å². The number of nitrogens with zero attached hydrogens (tertiary/aromatic N) is 1. The fraction of sp³-hybridized carbons (Fsp3) is 0.167. The number of sulfonamides is 1. The Balaban J connectivity index is 1.69. The second kappa shape index (κ2) is 11.3. The van der Waals surface area contributed by atoms with Gasteiger partial charge in [-0.15, -0.1) is 0 Å². The van der Waals surface area contributed by atoms with Crippen molar-refractivity contribution in [3.63, 3.8) is 0 Å². The Bertz CT molecular complexity index is 1450. The molecule has 1 atom stereocenters. The smallest absolute Gasteiger partial charge is 0.264 e. The first kappa shape index (κ1) is 26.0. The van der Waals surface area contributed by atoms with Gasteiger partial charge in [0.2, 0.25) is 5.91 Å². The number of methoxy groups -OCH3 is 1. The minimum Gasteiger partial charge on any atom is -0.497 e. The second-order valence-corrected chi connectivity index (χ2v) is 10.7. The number of nitrogens with one attached hydrogen (secondary N) is 1. The van der Waals surface area contributed by atoms with Gasteiger partial charge in [0.1, 0.15) is 12.3 Å². The first-order valence-electron chi connectivity index (χ1n) is 11.9. The highest BCUT2D eigenvalue weighted by atomic mass is 32.2. The van der Waals surface area contributed by atoms with Crippen LogP contribution in [0.2, 0.25) is 0 Å². The average Bonchev–Trinajstić information content (AvgIpc) is 2.92. The third kappa shape index (κ3) is 6.01. The Morgan fingerprint density at radius 2 is 1.46 bits per heavy atom. The van der Waals surface area contributed by atoms with Gasteiger partial charge in [-0.25, -0.2) is 8.42 Å². The van der Waals surface area contributed by atoms with E-state index in [1.807, 2.05) is 80.6 Å². The zero-order chi connectivity index (χ0) is 26.4. The van der Waals surface area contributed by atoms with Gasteiger partial charge in [-0.1, -0.05) is 72.3 Å². The molecule has 37 heavy (non-hydrogen) atoms. The lowest BCUT2D eigenvalue weighted by Gasteiger charge is -2.27. The normalized spacial score (nSPS) is 12.0. The molecule has 0 heterocycles. The first-order valence-corrected chi connectivity index (χ1v) is 13.4. The Labute approximate surface area is 218 Å². The molecule has 4 rings (SSSR count). The molecule has 0 fully saturated rings. The first-order chi connectivity index (χ1) is 17.8. The molecule has 190 valence electrons. The third-order valence-corrected chi connectivity index (χ3v) is 7.98. The molecule has 1 N–H and O–H groups in total. The standard InChI is InChI=1S/C30H30N2O4S/c1-22-13-15-25(16-14-22)32(37(34,35)27-19-17-26(36-3)18-20-27)21-29(33)31-30(24-10-5-4-6-11-24)28-12-8-7-9-23(28)2/h4-20,30H,21H2,1-3H3,(H,31,33). The van der Waals surface area contributed by atoms with Crippen LogP contribution in [0.4, 0.5) is 5.69 Å². The van der Waals surface area contributed by atoms with Crippen LogP contribution in [0.3, 0.4) is 0 Å². The molecular weight excluding hydrogens is 484 g/mol. The van der Waals surface area contributed by atoms with E-state index in [1.54, 1.807) is 24.3 Å². The minimum atomic E-state index is -4.04. The van der Waals surface area contributed by atoms with Crippen molar-refractivity contribution in [2.45, 2.75) is 24.8 Å². The third-order valence-electron chi connectivity index (χ3n) is 6.19. The van der Waals surface area contributed by atoms with Gasteiger partial charge in [0.15, 0.2) is 0 Å². The molecule has 0 aliphatic rings. The highest BCUT2D eigenvalue weighted by Gasteiger charge is 2.29. The lowest BCUT2D eigenvalue weighted by molar-refractivity contribution is -0.120.